The van der Waals surface area contributed by atoms with Gasteiger partial charge in [0.15, 0.2) is 0 Å². The topological polar surface area (TPSA) is 0 Å². The maximum absolute atomic E-state index is 6.56. The molecular formula is C19H3B13. The second-order valence-electron chi connectivity index (χ2n) is 7.50. The molecule has 0 saturated heterocycles. The SMILES string of the molecule is [B]c1c([B])c([B])c(-c2c([B])c(C)c([B])c(-c3c([B])c([B])c([B])c([B])c3[B])c2[B])c([B])c1[B]. The molecule has 0 N–H and O–H groups in total. The predicted octanol–water partition coefficient (Wildman–Crippen LogP) is -10.4. The van der Waals surface area contributed by atoms with Gasteiger partial charge < -0.3 is 0 Å². The van der Waals surface area contributed by atoms with Gasteiger partial charge in [-0.25, -0.2) is 0 Å². The van der Waals surface area contributed by atoms with E-state index >= 15 is 0 Å². The largest absolute Gasteiger partial charge is 0.115 e. The summed E-state index contributed by atoms with van der Waals surface area (Å²) in [5, 5.41) is 0. The lowest BCUT2D eigenvalue weighted by molar-refractivity contribution is 1.57. The van der Waals surface area contributed by atoms with Crippen LogP contribution in [0.1, 0.15) is 5.56 Å². The van der Waals surface area contributed by atoms with E-state index in [1.54, 1.807) is 6.92 Å². The van der Waals surface area contributed by atoms with E-state index in [4.69, 9.17) is 102 Å². The van der Waals surface area contributed by atoms with Crippen LogP contribution in [0.2, 0.25) is 0 Å². The molecular weight excluding hydrogens is 369 g/mol. The van der Waals surface area contributed by atoms with Gasteiger partial charge in [0.1, 0.15) is 102 Å². The van der Waals surface area contributed by atoms with Crippen LogP contribution in [0.4, 0.5) is 0 Å². The Balaban J connectivity index is 2.59. The second-order valence-corrected chi connectivity index (χ2v) is 7.50. The molecule has 32 heavy (non-hydrogen) atoms. The molecule has 26 radical (unpaired) electrons. The fourth-order valence-electron chi connectivity index (χ4n) is 3.71. The van der Waals surface area contributed by atoms with Crippen molar-refractivity contribution in [1.82, 2.24) is 0 Å². The van der Waals surface area contributed by atoms with E-state index < -0.39 is 0 Å². The monoisotopic (exact) mass is 374 g/mol. The van der Waals surface area contributed by atoms with Crippen LogP contribution in [0.5, 0.6) is 0 Å². The molecule has 0 aliphatic rings. The Labute approximate surface area is 207 Å². The van der Waals surface area contributed by atoms with Crippen molar-refractivity contribution in [3.8, 4) is 22.3 Å². The third-order valence-corrected chi connectivity index (χ3v) is 5.78. The molecule has 0 amide bonds. The van der Waals surface area contributed by atoms with E-state index in [2.05, 4.69) is 0 Å². The van der Waals surface area contributed by atoms with Gasteiger partial charge in [-0.1, -0.05) is 43.8 Å². The first-order chi connectivity index (χ1) is 14.7. The van der Waals surface area contributed by atoms with Crippen LogP contribution in [0, 0.1) is 6.92 Å². The third kappa shape index (κ3) is 3.50. The van der Waals surface area contributed by atoms with Crippen LogP contribution in [0.15, 0.2) is 0 Å². The molecule has 0 aromatic heterocycles. The van der Waals surface area contributed by atoms with E-state index in [0.29, 0.717) is 5.56 Å². The lowest BCUT2D eigenvalue weighted by Gasteiger charge is -2.30. The van der Waals surface area contributed by atoms with Crippen LogP contribution in [-0.4, -0.2) is 102 Å². The minimum Gasteiger partial charge on any atom is -0.112 e. The maximum Gasteiger partial charge on any atom is 0.115 e. The number of benzene rings is 3. The lowest BCUT2D eigenvalue weighted by Crippen LogP contribution is -2.57. The number of hydrogen-bond acceptors (Lipinski definition) is 0. The van der Waals surface area contributed by atoms with Gasteiger partial charge in [0.05, 0.1) is 0 Å². The molecule has 13 heteroatoms. The molecule has 0 atom stereocenters. The van der Waals surface area contributed by atoms with Crippen LogP contribution in [-0.2, 0) is 0 Å². The smallest absolute Gasteiger partial charge is 0.112 e. The standard InChI is InChI=1S/C19H3B13/c1-2-7(20)3(5-10(23)14(27)18(31)15(28)11(5)24)9(22)4(8(2)21)6-12(25)16(29)19(32)17(30)13(6)26/h1H3. The highest BCUT2D eigenvalue weighted by atomic mass is 14.2. The van der Waals surface area contributed by atoms with E-state index in [1.165, 1.54) is 0 Å². The van der Waals surface area contributed by atoms with Gasteiger partial charge in [0, 0.05) is 0 Å². The summed E-state index contributed by atoms with van der Waals surface area (Å²) in [6, 6.07) is 0. The fourth-order valence-corrected chi connectivity index (χ4v) is 3.71. The van der Waals surface area contributed by atoms with Gasteiger partial charge in [-0.2, -0.15) is 0 Å². The average Bonchev–Trinajstić information content (AvgIpc) is 2.76. The fraction of sp³-hybridized carbons (Fsp3) is 0.0526. The summed E-state index contributed by atoms with van der Waals surface area (Å²) < 4.78 is 0. The molecule has 3 aromatic carbocycles. The van der Waals surface area contributed by atoms with Crippen molar-refractivity contribution >= 4 is 173 Å². The molecule has 0 saturated carbocycles. The molecule has 0 aliphatic heterocycles. The first-order valence-corrected chi connectivity index (χ1v) is 9.25. The Morgan fingerprint density at radius 1 is 0.250 bits per heavy atom. The molecule has 0 nitrogen and oxygen atoms in total. The van der Waals surface area contributed by atoms with Gasteiger partial charge in [-0.15, -0.1) is 32.8 Å². The van der Waals surface area contributed by atoms with Crippen molar-refractivity contribution in [1.29, 1.82) is 0 Å². The van der Waals surface area contributed by atoms with E-state index in [1.807, 2.05) is 0 Å². The van der Waals surface area contributed by atoms with Crippen molar-refractivity contribution < 1.29 is 0 Å². The van der Waals surface area contributed by atoms with Crippen LogP contribution in [0.3, 0.4) is 0 Å². The summed E-state index contributed by atoms with van der Waals surface area (Å²) in [6.45, 7) is 1.67. The van der Waals surface area contributed by atoms with E-state index in [9.17, 15) is 0 Å². The Kier molecular flexibility index (Phi) is 6.83. The van der Waals surface area contributed by atoms with E-state index in [0.717, 1.165) is 0 Å². The molecule has 0 bridgehead atoms. The average molecular weight is 372 g/mol. The van der Waals surface area contributed by atoms with Crippen LogP contribution in [0.25, 0.3) is 22.3 Å². The van der Waals surface area contributed by atoms with Crippen molar-refractivity contribution in [2.45, 2.75) is 6.92 Å². The zero-order valence-electron chi connectivity index (χ0n) is 17.5. The summed E-state index contributed by atoms with van der Waals surface area (Å²) in [4.78, 5) is 0. The van der Waals surface area contributed by atoms with Crippen molar-refractivity contribution in [2.24, 2.45) is 0 Å². The molecule has 118 valence electrons. The highest BCUT2D eigenvalue weighted by Crippen LogP contribution is 2.17. The first-order valence-electron chi connectivity index (χ1n) is 9.25. The van der Waals surface area contributed by atoms with Gasteiger partial charge in [0.25, 0.3) is 0 Å². The van der Waals surface area contributed by atoms with E-state index in [-0.39, 0.29) is 93.3 Å². The van der Waals surface area contributed by atoms with Crippen molar-refractivity contribution in [3.05, 3.63) is 5.56 Å². The first kappa shape index (κ1) is 25.1. The van der Waals surface area contributed by atoms with Crippen molar-refractivity contribution in [3.63, 3.8) is 0 Å². The molecule has 3 aromatic rings. The zero-order valence-corrected chi connectivity index (χ0v) is 17.5. The maximum atomic E-state index is 6.56. The van der Waals surface area contributed by atoms with Crippen LogP contribution < -0.4 is 71.0 Å². The highest BCUT2D eigenvalue weighted by molar-refractivity contribution is 6.71. The molecule has 3 rings (SSSR count). The highest BCUT2D eigenvalue weighted by Gasteiger charge is 2.22. The van der Waals surface area contributed by atoms with Gasteiger partial charge >= 0.3 is 0 Å². The summed E-state index contributed by atoms with van der Waals surface area (Å²) in [7, 11) is 80.2. The van der Waals surface area contributed by atoms with Crippen LogP contribution >= 0.6 is 0 Å². The molecule has 0 fully saturated rings. The Morgan fingerprint density at radius 2 is 0.438 bits per heavy atom. The molecule has 0 spiro atoms. The zero-order chi connectivity index (χ0) is 24.4. The second kappa shape index (κ2) is 8.70. The van der Waals surface area contributed by atoms with Gasteiger partial charge in [0.2, 0.25) is 0 Å². The molecule has 0 unspecified atom stereocenters. The minimum absolute atomic E-state index is 0.0292. The minimum atomic E-state index is 0.0292. The summed E-state index contributed by atoms with van der Waals surface area (Å²) in [6.07, 6.45) is 0. The van der Waals surface area contributed by atoms with Gasteiger partial charge in [-0.05, 0) is 29.2 Å². The summed E-state index contributed by atoms with van der Waals surface area (Å²) >= 11 is 0. The number of rotatable bonds is 2. The van der Waals surface area contributed by atoms with Gasteiger partial charge in [-0.3, -0.25) is 0 Å². The number of hydrogen-bond donors (Lipinski definition) is 0. The summed E-state index contributed by atoms with van der Waals surface area (Å²) in [5.74, 6) is 0. The third-order valence-electron chi connectivity index (χ3n) is 5.78. The predicted molar refractivity (Wildman–Crippen MR) is 152 cm³/mol. The normalized spacial score (nSPS) is 11.0. The Bertz CT molecular complexity index is 1160. The molecule has 0 heterocycles. The quantitative estimate of drug-likeness (QED) is 0.393. The Morgan fingerprint density at radius 3 is 0.688 bits per heavy atom. The lowest BCUT2D eigenvalue weighted by atomic mass is 9.55. The Hall–Kier alpha value is -1.50. The molecule has 0 aliphatic carbocycles. The summed E-state index contributed by atoms with van der Waals surface area (Å²) in [5.41, 5.74) is 2.11. The van der Waals surface area contributed by atoms with Crippen molar-refractivity contribution in [2.75, 3.05) is 0 Å².